The van der Waals surface area contributed by atoms with Crippen molar-refractivity contribution < 1.29 is 14.3 Å². The molecule has 0 aromatic rings. The minimum atomic E-state index is -0.128. The molecule has 0 aliphatic carbocycles. The molecule has 3 unspecified atom stereocenters. The van der Waals surface area contributed by atoms with Crippen molar-refractivity contribution in [2.24, 2.45) is 5.92 Å². The summed E-state index contributed by atoms with van der Waals surface area (Å²) >= 11 is 0. The molecule has 4 nitrogen and oxygen atoms in total. The van der Waals surface area contributed by atoms with E-state index in [9.17, 15) is 4.79 Å². The minimum Gasteiger partial charge on any atom is -0.356 e. The number of β-lactam (4-membered cyclic amide) rings is 1. The molecule has 0 spiro atoms. The van der Waals surface area contributed by atoms with Crippen molar-refractivity contribution in [3.8, 4) is 0 Å². The molecule has 3 atom stereocenters. The van der Waals surface area contributed by atoms with E-state index in [2.05, 4.69) is 5.32 Å². The van der Waals surface area contributed by atoms with E-state index in [1.807, 2.05) is 0 Å². The first-order chi connectivity index (χ1) is 5.31. The van der Waals surface area contributed by atoms with E-state index in [1.165, 1.54) is 0 Å². The first-order valence-electron chi connectivity index (χ1n) is 3.80. The van der Waals surface area contributed by atoms with Crippen LogP contribution in [-0.2, 0) is 14.3 Å². The minimum absolute atomic E-state index is 0.0822. The van der Waals surface area contributed by atoms with Crippen LogP contribution < -0.4 is 5.32 Å². The second-order valence-electron chi connectivity index (χ2n) is 2.91. The Bertz CT molecular complexity index is 183. The molecule has 0 radical (unpaired) electrons. The summed E-state index contributed by atoms with van der Waals surface area (Å²) in [5.74, 6) is 0.200. The molecular weight excluding hydrogens is 146 g/mol. The van der Waals surface area contributed by atoms with E-state index in [0.29, 0.717) is 0 Å². The van der Waals surface area contributed by atoms with Gasteiger partial charge in [-0.3, -0.25) is 4.79 Å². The van der Waals surface area contributed by atoms with Crippen LogP contribution in [0.5, 0.6) is 0 Å². The van der Waals surface area contributed by atoms with Gasteiger partial charge in [0.2, 0.25) is 5.91 Å². The Balaban J connectivity index is 1.92. The predicted octanol–water partition coefficient (Wildman–Crippen LogP) is -0.159. The van der Waals surface area contributed by atoms with Gasteiger partial charge in [0.25, 0.3) is 0 Å². The van der Waals surface area contributed by atoms with Crippen LogP contribution in [0.25, 0.3) is 0 Å². The molecule has 0 saturated carbocycles. The van der Waals surface area contributed by atoms with Gasteiger partial charge in [0.1, 0.15) is 6.23 Å². The Morgan fingerprint density at radius 1 is 1.64 bits per heavy atom. The highest BCUT2D eigenvalue weighted by Crippen LogP contribution is 2.29. The summed E-state index contributed by atoms with van der Waals surface area (Å²) in [6.45, 7) is 0. The number of hydrogen-bond donors (Lipinski definition) is 1. The monoisotopic (exact) mass is 157 g/mol. The van der Waals surface area contributed by atoms with Crippen LogP contribution in [0.3, 0.4) is 0 Å². The van der Waals surface area contributed by atoms with Gasteiger partial charge in [0.15, 0.2) is 6.29 Å². The maximum absolute atomic E-state index is 10.8. The second-order valence-corrected chi connectivity index (χ2v) is 2.91. The van der Waals surface area contributed by atoms with Crippen LogP contribution in [0.4, 0.5) is 0 Å². The third-order valence-electron chi connectivity index (χ3n) is 2.26. The van der Waals surface area contributed by atoms with Gasteiger partial charge in [-0.25, -0.2) is 0 Å². The molecule has 62 valence electrons. The number of ether oxygens (including phenoxy) is 2. The number of rotatable bonds is 1. The largest absolute Gasteiger partial charge is 0.356 e. The fourth-order valence-corrected chi connectivity index (χ4v) is 1.52. The Morgan fingerprint density at radius 3 is 3.00 bits per heavy atom. The third kappa shape index (κ3) is 1.02. The Labute approximate surface area is 64.9 Å². The van der Waals surface area contributed by atoms with Gasteiger partial charge < -0.3 is 14.8 Å². The lowest BCUT2D eigenvalue weighted by molar-refractivity contribution is -0.227. The van der Waals surface area contributed by atoms with Gasteiger partial charge >= 0.3 is 0 Å². The van der Waals surface area contributed by atoms with Gasteiger partial charge in [-0.15, -0.1) is 0 Å². The van der Waals surface area contributed by atoms with Crippen LogP contribution in [0, 0.1) is 5.92 Å². The van der Waals surface area contributed by atoms with Crippen molar-refractivity contribution in [2.45, 2.75) is 25.4 Å². The first kappa shape index (κ1) is 7.06. The van der Waals surface area contributed by atoms with Crippen molar-refractivity contribution in [1.29, 1.82) is 0 Å². The summed E-state index contributed by atoms with van der Waals surface area (Å²) < 4.78 is 10.4. The normalized spacial score (nSPS) is 42.3. The summed E-state index contributed by atoms with van der Waals surface area (Å²) in [6.07, 6.45) is 1.50. The molecule has 11 heavy (non-hydrogen) atoms. The second kappa shape index (κ2) is 2.46. The van der Waals surface area contributed by atoms with Crippen molar-refractivity contribution in [3.05, 3.63) is 0 Å². The van der Waals surface area contributed by atoms with Gasteiger partial charge in [-0.05, 0) is 12.8 Å². The number of carbonyl (C=O) groups excluding carboxylic acids is 1. The quantitative estimate of drug-likeness (QED) is 0.538. The zero-order valence-electron chi connectivity index (χ0n) is 6.37. The Morgan fingerprint density at radius 2 is 2.45 bits per heavy atom. The molecule has 0 aromatic carbocycles. The summed E-state index contributed by atoms with van der Waals surface area (Å²) in [6, 6.07) is 0. The van der Waals surface area contributed by atoms with Gasteiger partial charge in [0.05, 0.1) is 5.92 Å². The smallest absolute Gasteiger partial charge is 0.229 e. The average Bonchev–Trinajstić information content (AvgIpc) is 2.02. The molecule has 2 saturated heterocycles. The molecule has 4 heteroatoms. The van der Waals surface area contributed by atoms with Crippen molar-refractivity contribution in [1.82, 2.24) is 5.32 Å². The van der Waals surface area contributed by atoms with E-state index in [-0.39, 0.29) is 24.3 Å². The molecule has 1 N–H and O–H groups in total. The average molecular weight is 157 g/mol. The van der Waals surface area contributed by atoms with Crippen LogP contribution >= 0.6 is 0 Å². The third-order valence-corrected chi connectivity index (χ3v) is 2.26. The van der Waals surface area contributed by atoms with Crippen molar-refractivity contribution in [2.75, 3.05) is 7.11 Å². The fraction of sp³-hybridized carbons (Fsp3) is 0.857. The van der Waals surface area contributed by atoms with Crippen LogP contribution in [0.1, 0.15) is 12.8 Å². The summed E-state index contributed by atoms with van der Waals surface area (Å²) in [5, 5.41) is 2.67. The van der Waals surface area contributed by atoms with E-state index in [4.69, 9.17) is 9.47 Å². The maximum atomic E-state index is 10.8. The number of nitrogens with one attached hydrogen (secondary N) is 1. The Hall–Kier alpha value is -0.610. The van der Waals surface area contributed by atoms with E-state index in [0.717, 1.165) is 12.8 Å². The highest BCUT2D eigenvalue weighted by molar-refractivity contribution is 5.85. The summed E-state index contributed by atoms with van der Waals surface area (Å²) in [7, 11) is 1.62. The molecule has 0 aromatic heterocycles. The van der Waals surface area contributed by atoms with E-state index in [1.54, 1.807) is 7.11 Å². The van der Waals surface area contributed by atoms with E-state index >= 15 is 0 Å². The molecule has 2 aliphatic heterocycles. The highest BCUT2D eigenvalue weighted by atomic mass is 16.7. The van der Waals surface area contributed by atoms with Gasteiger partial charge in [-0.2, -0.15) is 0 Å². The number of methoxy groups -OCH3 is 1. The molecule has 2 rings (SSSR count). The lowest BCUT2D eigenvalue weighted by atomic mass is 9.91. The molecule has 0 bridgehead atoms. The number of carbonyl (C=O) groups is 1. The molecular formula is C7H11NO3. The fourth-order valence-electron chi connectivity index (χ4n) is 1.52. The lowest BCUT2D eigenvalue weighted by Gasteiger charge is -2.42. The molecule has 2 fully saturated rings. The van der Waals surface area contributed by atoms with Crippen LogP contribution in [0.2, 0.25) is 0 Å². The SMILES string of the molecule is COC1CCC2C(=O)NC2O1. The maximum Gasteiger partial charge on any atom is 0.229 e. The topological polar surface area (TPSA) is 47.6 Å². The Kier molecular flexibility index (Phi) is 1.58. The first-order valence-corrected chi connectivity index (χ1v) is 3.80. The predicted molar refractivity (Wildman–Crippen MR) is 36.5 cm³/mol. The van der Waals surface area contributed by atoms with Crippen molar-refractivity contribution >= 4 is 5.91 Å². The zero-order valence-corrected chi connectivity index (χ0v) is 6.37. The molecule has 2 aliphatic rings. The molecule has 1 amide bonds. The van der Waals surface area contributed by atoms with Crippen molar-refractivity contribution in [3.63, 3.8) is 0 Å². The zero-order chi connectivity index (χ0) is 7.84. The standard InChI is InChI=1S/C7H11NO3/c1-10-5-3-2-4-6(9)8-7(4)11-5/h4-5,7H,2-3H2,1H3,(H,8,9). The number of hydrogen-bond acceptors (Lipinski definition) is 3. The number of amides is 1. The van der Waals surface area contributed by atoms with Gasteiger partial charge in [0, 0.05) is 7.11 Å². The number of fused-ring (bicyclic) bond motifs is 1. The van der Waals surface area contributed by atoms with Crippen LogP contribution in [0.15, 0.2) is 0 Å². The van der Waals surface area contributed by atoms with E-state index < -0.39 is 0 Å². The molecule has 2 heterocycles. The summed E-state index contributed by atoms with van der Waals surface area (Å²) in [5.41, 5.74) is 0. The summed E-state index contributed by atoms with van der Waals surface area (Å²) in [4.78, 5) is 10.8. The van der Waals surface area contributed by atoms with Gasteiger partial charge in [-0.1, -0.05) is 0 Å². The lowest BCUT2D eigenvalue weighted by Crippen LogP contribution is -2.62. The van der Waals surface area contributed by atoms with Crippen LogP contribution in [-0.4, -0.2) is 25.5 Å². The highest BCUT2D eigenvalue weighted by Gasteiger charge is 2.44.